The number of amides is 1. The van der Waals surface area contributed by atoms with Gasteiger partial charge in [-0.3, -0.25) is 9.59 Å². The third kappa shape index (κ3) is 5.83. The number of carbonyl (C=O) groups excluding carboxylic acids is 2. The van der Waals surface area contributed by atoms with Gasteiger partial charge in [-0.1, -0.05) is 72.4 Å². The van der Waals surface area contributed by atoms with E-state index in [-0.39, 0.29) is 29.7 Å². The number of aromatic hydroxyl groups is 1. The summed E-state index contributed by atoms with van der Waals surface area (Å²) < 4.78 is 1.64. The summed E-state index contributed by atoms with van der Waals surface area (Å²) in [5.74, 6) is -0.268. The molecule has 4 aromatic rings. The summed E-state index contributed by atoms with van der Waals surface area (Å²) in [6.45, 7) is 0.601. The molecule has 0 spiro atoms. The van der Waals surface area contributed by atoms with Gasteiger partial charge < -0.3 is 10.4 Å². The quantitative estimate of drug-likeness (QED) is 0.292. The van der Waals surface area contributed by atoms with Crippen molar-refractivity contribution in [1.82, 2.24) is 25.5 Å². The lowest BCUT2D eigenvalue weighted by atomic mass is 10.0. The molecule has 33 heavy (non-hydrogen) atoms. The van der Waals surface area contributed by atoms with Gasteiger partial charge in [-0.15, -0.1) is 5.10 Å². The number of hydrogen-bond acceptors (Lipinski definition) is 7. The Hall–Kier alpha value is -3.98. The van der Waals surface area contributed by atoms with Gasteiger partial charge in [-0.25, -0.2) is 4.68 Å². The topological polar surface area (TPSA) is 110 Å². The van der Waals surface area contributed by atoms with E-state index < -0.39 is 0 Å². The highest BCUT2D eigenvalue weighted by molar-refractivity contribution is 7.99. The van der Waals surface area contributed by atoms with E-state index in [1.165, 1.54) is 17.8 Å². The van der Waals surface area contributed by atoms with Crippen LogP contribution in [0, 0.1) is 0 Å². The first kappa shape index (κ1) is 22.2. The fourth-order valence-electron chi connectivity index (χ4n) is 3.15. The van der Waals surface area contributed by atoms with Gasteiger partial charge >= 0.3 is 0 Å². The Morgan fingerprint density at radius 1 is 0.939 bits per heavy atom. The van der Waals surface area contributed by atoms with E-state index in [1.54, 1.807) is 41.1 Å². The van der Waals surface area contributed by atoms with Crippen LogP contribution in [0.5, 0.6) is 5.75 Å². The van der Waals surface area contributed by atoms with Crippen molar-refractivity contribution < 1.29 is 14.7 Å². The van der Waals surface area contributed by atoms with Crippen LogP contribution in [0.3, 0.4) is 0 Å². The second-order valence-corrected chi connectivity index (χ2v) is 8.15. The molecular formula is C24H21N5O3S. The second-order valence-electron chi connectivity index (χ2n) is 7.21. The summed E-state index contributed by atoms with van der Waals surface area (Å²) in [5, 5.41) is 25.1. The fraction of sp³-hybridized carbons (Fsp3) is 0.125. The number of benzene rings is 3. The zero-order valence-electron chi connectivity index (χ0n) is 17.6. The lowest BCUT2D eigenvalue weighted by molar-refractivity contribution is -0.118. The monoisotopic (exact) mass is 459 g/mol. The number of hydrogen-bond donors (Lipinski definition) is 2. The Labute approximate surface area is 194 Å². The number of phenolic OH excluding ortho intramolecular Hbond substituents is 1. The molecule has 4 rings (SSSR count). The summed E-state index contributed by atoms with van der Waals surface area (Å²) in [7, 11) is 0. The van der Waals surface area contributed by atoms with Crippen molar-refractivity contribution in [1.29, 1.82) is 0 Å². The molecule has 166 valence electrons. The molecule has 0 atom stereocenters. The molecule has 0 bridgehead atoms. The van der Waals surface area contributed by atoms with Crippen LogP contribution in [0.4, 0.5) is 0 Å². The number of thioether (sulfide) groups is 1. The third-order valence-corrected chi connectivity index (χ3v) is 5.82. The molecule has 1 aromatic heterocycles. The van der Waals surface area contributed by atoms with Crippen molar-refractivity contribution in [3.63, 3.8) is 0 Å². The van der Waals surface area contributed by atoms with Crippen molar-refractivity contribution in [3.05, 3.63) is 101 Å². The molecule has 1 heterocycles. The van der Waals surface area contributed by atoms with E-state index in [2.05, 4.69) is 20.8 Å². The first-order valence-electron chi connectivity index (χ1n) is 10.2. The second kappa shape index (κ2) is 10.6. The minimum Gasteiger partial charge on any atom is -0.508 e. The maximum atomic E-state index is 12.7. The van der Waals surface area contributed by atoms with Gasteiger partial charge in [0.15, 0.2) is 5.78 Å². The van der Waals surface area contributed by atoms with Crippen LogP contribution >= 0.6 is 11.8 Å². The van der Waals surface area contributed by atoms with Crippen LogP contribution in [0.15, 0.2) is 84.0 Å². The summed E-state index contributed by atoms with van der Waals surface area (Å²) in [5.41, 5.74) is 2.51. The Morgan fingerprint density at radius 2 is 1.67 bits per heavy atom. The van der Waals surface area contributed by atoms with Crippen molar-refractivity contribution in [2.24, 2.45) is 0 Å². The number of carbonyl (C=O) groups is 2. The molecule has 8 nitrogen and oxygen atoms in total. The van der Waals surface area contributed by atoms with Crippen molar-refractivity contribution in [2.75, 3.05) is 5.75 Å². The predicted octanol–water partition coefficient (Wildman–Crippen LogP) is 3.07. The number of aromatic nitrogens is 4. The molecule has 0 saturated heterocycles. The molecular weight excluding hydrogens is 438 g/mol. The summed E-state index contributed by atoms with van der Waals surface area (Å²) in [4.78, 5) is 25.0. The molecule has 0 aliphatic rings. The lowest BCUT2D eigenvalue weighted by Crippen LogP contribution is -2.25. The van der Waals surface area contributed by atoms with Crippen LogP contribution in [-0.4, -0.2) is 42.8 Å². The fourth-order valence-corrected chi connectivity index (χ4v) is 3.86. The summed E-state index contributed by atoms with van der Waals surface area (Å²) >= 11 is 1.22. The highest BCUT2D eigenvalue weighted by Crippen LogP contribution is 2.21. The highest BCUT2D eigenvalue weighted by atomic mass is 32.2. The van der Waals surface area contributed by atoms with Gasteiger partial charge in [0, 0.05) is 23.2 Å². The molecule has 0 aliphatic heterocycles. The third-order valence-electron chi connectivity index (χ3n) is 4.86. The molecule has 3 aromatic carbocycles. The van der Waals surface area contributed by atoms with Crippen LogP contribution in [0.25, 0.3) is 0 Å². The Morgan fingerprint density at radius 3 is 2.42 bits per heavy atom. The van der Waals surface area contributed by atoms with E-state index in [0.29, 0.717) is 28.4 Å². The Bertz CT molecular complexity index is 1250. The summed E-state index contributed by atoms with van der Waals surface area (Å²) in [6.07, 6.45) is 0. The summed E-state index contributed by atoms with van der Waals surface area (Å²) in [6, 6.07) is 23.3. The molecule has 1 amide bonds. The van der Waals surface area contributed by atoms with Crippen LogP contribution in [-0.2, 0) is 17.9 Å². The highest BCUT2D eigenvalue weighted by Gasteiger charge is 2.14. The maximum absolute atomic E-state index is 12.7. The molecule has 0 unspecified atom stereocenters. The molecule has 0 saturated carbocycles. The number of nitrogens with one attached hydrogen (secondary N) is 1. The van der Waals surface area contributed by atoms with E-state index >= 15 is 0 Å². The van der Waals surface area contributed by atoms with E-state index in [4.69, 9.17) is 0 Å². The molecule has 0 radical (unpaired) electrons. The van der Waals surface area contributed by atoms with Gasteiger partial charge in [-0.05, 0) is 34.2 Å². The van der Waals surface area contributed by atoms with Gasteiger partial charge in [0.25, 0.3) is 0 Å². The minimum atomic E-state index is -0.242. The Balaban J connectivity index is 1.33. The first-order valence-corrected chi connectivity index (χ1v) is 11.2. The first-order chi connectivity index (χ1) is 16.1. The smallest absolute Gasteiger partial charge is 0.230 e. The molecule has 2 N–H and O–H groups in total. The SMILES string of the molecule is O=C(CSc1nnnn1Cc1ccccc1)NCc1cc(C(=O)c2ccccc2)ccc1O. The standard InChI is InChI=1S/C24H21N5O3S/c30-21-12-11-19(23(32)18-9-5-2-6-10-18)13-20(21)14-25-22(31)16-33-24-26-27-28-29(24)15-17-7-3-1-4-8-17/h1-13,30H,14-16H2,(H,25,31). The van der Waals surface area contributed by atoms with E-state index in [1.807, 2.05) is 36.4 Å². The predicted molar refractivity (Wildman–Crippen MR) is 124 cm³/mol. The van der Waals surface area contributed by atoms with Gasteiger partial charge in [0.05, 0.1) is 12.3 Å². The van der Waals surface area contributed by atoms with Crippen LogP contribution < -0.4 is 5.32 Å². The number of phenols is 1. The zero-order valence-corrected chi connectivity index (χ0v) is 18.4. The van der Waals surface area contributed by atoms with Crippen molar-refractivity contribution in [2.45, 2.75) is 18.2 Å². The number of tetrazole rings is 1. The number of nitrogens with zero attached hydrogens (tertiary/aromatic N) is 4. The van der Waals surface area contributed by atoms with Gasteiger partial charge in [0.2, 0.25) is 11.1 Å². The van der Waals surface area contributed by atoms with Crippen LogP contribution in [0.2, 0.25) is 0 Å². The van der Waals surface area contributed by atoms with Gasteiger partial charge in [-0.2, -0.15) is 0 Å². The van der Waals surface area contributed by atoms with E-state index in [9.17, 15) is 14.7 Å². The van der Waals surface area contributed by atoms with E-state index in [0.717, 1.165) is 5.56 Å². The normalized spacial score (nSPS) is 10.7. The maximum Gasteiger partial charge on any atom is 0.230 e. The molecule has 9 heteroatoms. The average molecular weight is 460 g/mol. The number of ketones is 1. The average Bonchev–Trinajstić information content (AvgIpc) is 3.29. The van der Waals surface area contributed by atoms with Gasteiger partial charge in [0.1, 0.15) is 5.75 Å². The zero-order chi connectivity index (χ0) is 23.0. The van der Waals surface area contributed by atoms with Crippen molar-refractivity contribution >= 4 is 23.5 Å². The lowest BCUT2D eigenvalue weighted by Gasteiger charge is -2.09. The molecule has 0 fully saturated rings. The molecule has 0 aliphatic carbocycles. The van der Waals surface area contributed by atoms with Crippen LogP contribution in [0.1, 0.15) is 27.0 Å². The minimum absolute atomic E-state index is 0.0133. The van der Waals surface area contributed by atoms with Crippen molar-refractivity contribution in [3.8, 4) is 5.75 Å². The number of rotatable bonds is 9. The largest absolute Gasteiger partial charge is 0.508 e. The Kier molecular flexibility index (Phi) is 7.11.